The molecule has 0 unspecified atom stereocenters. The zero-order valence-corrected chi connectivity index (χ0v) is 12.3. The van der Waals surface area contributed by atoms with Gasteiger partial charge < -0.3 is 4.98 Å². The molecule has 108 valence electrons. The van der Waals surface area contributed by atoms with Crippen molar-refractivity contribution in [2.75, 3.05) is 0 Å². The van der Waals surface area contributed by atoms with E-state index >= 15 is 0 Å². The van der Waals surface area contributed by atoms with Crippen LogP contribution in [0.4, 0.5) is 13.2 Å². The maximum absolute atomic E-state index is 12.6. The van der Waals surface area contributed by atoms with Gasteiger partial charge in [-0.3, -0.25) is 4.57 Å². The third-order valence-electron chi connectivity index (χ3n) is 2.91. The number of imidazole rings is 1. The third kappa shape index (κ3) is 2.76. The predicted octanol–water partition coefficient (Wildman–Crippen LogP) is 5.33. The van der Waals surface area contributed by atoms with E-state index in [1.54, 1.807) is 10.8 Å². The van der Waals surface area contributed by atoms with E-state index in [9.17, 15) is 13.2 Å². The number of nitrogens with one attached hydrogen (secondary N) is 1. The summed E-state index contributed by atoms with van der Waals surface area (Å²) < 4.78 is 40.0. The summed E-state index contributed by atoms with van der Waals surface area (Å²) in [4.78, 5) is 2.89. The van der Waals surface area contributed by atoms with Crippen LogP contribution in [0, 0.1) is 4.77 Å². The molecule has 1 heterocycles. The number of hydrogen-bond acceptors (Lipinski definition) is 1. The van der Waals surface area contributed by atoms with Gasteiger partial charge in [-0.15, -0.1) is 0 Å². The van der Waals surface area contributed by atoms with Gasteiger partial charge in [-0.1, -0.05) is 25.4 Å². The van der Waals surface area contributed by atoms with Crippen LogP contribution in [0.1, 0.15) is 31.0 Å². The second kappa shape index (κ2) is 5.26. The van der Waals surface area contributed by atoms with Gasteiger partial charge in [0.05, 0.1) is 16.3 Å². The molecular weight excluding hydrogens is 309 g/mol. The van der Waals surface area contributed by atoms with Gasteiger partial charge in [0, 0.05) is 11.9 Å². The highest BCUT2D eigenvalue weighted by Crippen LogP contribution is 2.34. The van der Waals surface area contributed by atoms with Crippen molar-refractivity contribution in [3.8, 4) is 5.69 Å². The number of alkyl halides is 3. The van der Waals surface area contributed by atoms with Gasteiger partial charge in [-0.05, 0) is 36.3 Å². The maximum Gasteiger partial charge on any atom is 0.416 e. The monoisotopic (exact) mass is 320 g/mol. The van der Waals surface area contributed by atoms with Crippen LogP contribution < -0.4 is 0 Å². The molecule has 0 radical (unpaired) electrons. The summed E-state index contributed by atoms with van der Waals surface area (Å²) in [5.74, 6) is 0.154. The van der Waals surface area contributed by atoms with Crippen molar-refractivity contribution >= 4 is 23.8 Å². The summed E-state index contributed by atoms with van der Waals surface area (Å²) in [6.45, 7) is 3.93. The fourth-order valence-electron chi connectivity index (χ4n) is 1.92. The SMILES string of the molecule is CC(C)c1c[nH]c(=S)n1-c1ccc(C(F)(F)F)cc1Cl. The number of benzene rings is 1. The van der Waals surface area contributed by atoms with Gasteiger partial charge in [0.2, 0.25) is 0 Å². The Morgan fingerprint density at radius 1 is 1.30 bits per heavy atom. The van der Waals surface area contributed by atoms with Crippen molar-refractivity contribution in [1.82, 2.24) is 9.55 Å². The molecule has 0 atom stereocenters. The van der Waals surface area contributed by atoms with Crippen LogP contribution in [0.2, 0.25) is 5.02 Å². The fraction of sp³-hybridized carbons (Fsp3) is 0.308. The van der Waals surface area contributed by atoms with Gasteiger partial charge >= 0.3 is 6.18 Å². The summed E-state index contributed by atoms with van der Waals surface area (Å²) in [5.41, 5.74) is 0.519. The molecule has 7 heteroatoms. The molecule has 0 bridgehead atoms. The highest BCUT2D eigenvalue weighted by Gasteiger charge is 2.31. The van der Waals surface area contributed by atoms with E-state index in [0.29, 0.717) is 10.5 Å². The fourth-order valence-corrected chi connectivity index (χ4v) is 2.45. The molecule has 0 amide bonds. The normalized spacial score (nSPS) is 12.2. The molecule has 0 aliphatic carbocycles. The van der Waals surface area contributed by atoms with E-state index < -0.39 is 11.7 Å². The zero-order chi connectivity index (χ0) is 15.1. The van der Waals surface area contributed by atoms with Gasteiger partial charge in [0.1, 0.15) is 0 Å². The number of aromatic nitrogens is 2. The molecule has 1 N–H and O–H groups in total. The first-order valence-corrected chi connectivity index (χ1v) is 6.68. The zero-order valence-electron chi connectivity index (χ0n) is 10.8. The largest absolute Gasteiger partial charge is 0.416 e. The first-order chi connectivity index (χ1) is 9.21. The standard InChI is InChI=1S/C13H12ClF3N2S/c1-7(2)11-6-18-12(20)19(11)10-4-3-8(5-9(10)14)13(15,16)17/h3-7H,1-2H3,(H,18,20). The van der Waals surface area contributed by atoms with E-state index in [4.69, 9.17) is 23.8 Å². The lowest BCUT2D eigenvalue weighted by Gasteiger charge is -2.14. The molecule has 0 aliphatic heterocycles. The molecule has 1 aromatic carbocycles. The summed E-state index contributed by atoms with van der Waals surface area (Å²) in [5, 5.41) is 0.0115. The summed E-state index contributed by atoms with van der Waals surface area (Å²) >= 11 is 11.2. The topological polar surface area (TPSA) is 20.7 Å². The molecule has 2 aromatic rings. The van der Waals surface area contributed by atoms with Crippen LogP contribution in [0.5, 0.6) is 0 Å². The second-order valence-corrected chi connectivity index (χ2v) is 5.47. The Labute approximate surface area is 124 Å². The van der Waals surface area contributed by atoms with Crippen LogP contribution >= 0.6 is 23.8 Å². The predicted molar refractivity (Wildman–Crippen MR) is 75.1 cm³/mol. The lowest BCUT2D eigenvalue weighted by Crippen LogP contribution is -2.07. The minimum Gasteiger partial charge on any atom is -0.337 e. The molecule has 2 nitrogen and oxygen atoms in total. The van der Waals surface area contributed by atoms with Crippen LogP contribution in [0.3, 0.4) is 0 Å². The van der Waals surface area contributed by atoms with Crippen molar-refractivity contribution in [1.29, 1.82) is 0 Å². The minimum atomic E-state index is -4.41. The van der Waals surface area contributed by atoms with Gasteiger partial charge in [-0.2, -0.15) is 13.2 Å². The summed E-state index contributed by atoms with van der Waals surface area (Å²) in [6.07, 6.45) is -2.68. The minimum absolute atomic E-state index is 0.0115. The van der Waals surface area contributed by atoms with Crippen LogP contribution in [0.15, 0.2) is 24.4 Å². The molecule has 0 saturated carbocycles. The lowest BCUT2D eigenvalue weighted by atomic mass is 10.1. The Hall–Kier alpha value is -1.27. The molecule has 0 saturated heterocycles. The number of rotatable bonds is 2. The molecule has 0 spiro atoms. The Morgan fingerprint density at radius 2 is 1.95 bits per heavy atom. The van der Waals surface area contributed by atoms with Crippen LogP contribution in [-0.4, -0.2) is 9.55 Å². The van der Waals surface area contributed by atoms with Crippen molar-refractivity contribution in [3.05, 3.63) is 45.4 Å². The number of halogens is 4. The van der Waals surface area contributed by atoms with Gasteiger partial charge in [0.15, 0.2) is 4.77 Å². The Bertz CT molecular complexity index is 686. The van der Waals surface area contributed by atoms with E-state index in [2.05, 4.69) is 4.98 Å². The Kier molecular flexibility index (Phi) is 3.97. The Balaban J connectivity index is 2.61. The molecule has 2 rings (SSSR count). The second-order valence-electron chi connectivity index (χ2n) is 4.67. The first kappa shape index (κ1) is 15.1. The van der Waals surface area contributed by atoms with Crippen molar-refractivity contribution in [3.63, 3.8) is 0 Å². The van der Waals surface area contributed by atoms with E-state index in [1.807, 2.05) is 13.8 Å². The Morgan fingerprint density at radius 3 is 2.45 bits per heavy atom. The third-order valence-corrected chi connectivity index (χ3v) is 3.52. The quantitative estimate of drug-likeness (QED) is 0.742. The summed E-state index contributed by atoms with van der Waals surface area (Å²) in [7, 11) is 0. The molecule has 0 aliphatic rings. The average Bonchev–Trinajstić information content (AvgIpc) is 2.70. The number of hydrogen-bond donors (Lipinski definition) is 1. The highest BCUT2D eigenvalue weighted by atomic mass is 35.5. The lowest BCUT2D eigenvalue weighted by molar-refractivity contribution is -0.137. The van der Waals surface area contributed by atoms with Gasteiger partial charge in [-0.25, -0.2) is 0 Å². The van der Waals surface area contributed by atoms with E-state index in [-0.39, 0.29) is 10.9 Å². The van der Waals surface area contributed by atoms with Crippen molar-refractivity contribution in [2.24, 2.45) is 0 Å². The highest BCUT2D eigenvalue weighted by molar-refractivity contribution is 7.71. The number of nitrogens with zero attached hydrogens (tertiary/aromatic N) is 1. The molecule has 20 heavy (non-hydrogen) atoms. The van der Waals surface area contributed by atoms with Crippen molar-refractivity contribution in [2.45, 2.75) is 25.9 Å². The number of aromatic amines is 1. The smallest absolute Gasteiger partial charge is 0.337 e. The summed E-state index contributed by atoms with van der Waals surface area (Å²) in [6, 6.07) is 3.25. The molecule has 1 aromatic heterocycles. The van der Waals surface area contributed by atoms with Crippen molar-refractivity contribution < 1.29 is 13.2 Å². The van der Waals surface area contributed by atoms with Crippen LogP contribution in [-0.2, 0) is 6.18 Å². The molecular formula is C13H12ClF3N2S. The van der Waals surface area contributed by atoms with E-state index in [1.165, 1.54) is 6.07 Å². The van der Waals surface area contributed by atoms with E-state index in [0.717, 1.165) is 17.8 Å². The average molecular weight is 321 g/mol. The maximum atomic E-state index is 12.6. The van der Waals surface area contributed by atoms with Crippen LogP contribution in [0.25, 0.3) is 5.69 Å². The van der Waals surface area contributed by atoms with Gasteiger partial charge in [0.25, 0.3) is 0 Å². The first-order valence-electron chi connectivity index (χ1n) is 5.89. The molecule has 0 fully saturated rings. The number of H-pyrrole nitrogens is 1.